The number of halogens is 2. The van der Waals surface area contributed by atoms with Crippen LogP contribution in [0.4, 0.5) is 20.2 Å². The lowest BCUT2D eigenvalue weighted by molar-refractivity contribution is -0.131. The fourth-order valence-corrected chi connectivity index (χ4v) is 5.86. The molecule has 0 radical (unpaired) electrons. The summed E-state index contributed by atoms with van der Waals surface area (Å²) in [7, 11) is 1.63. The quantitative estimate of drug-likeness (QED) is 0.183. The lowest BCUT2D eigenvalue weighted by Gasteiger charge is -2.35. The number of carbonyl (C=O) groups is 2. The lowest BCUT2D eigenvalue weighted by Crippen LogP contribution is -2.44. The molecule has 6 rings (SSSR count). The van der Waals surface area contributed by atoms with Crippen molar-refractivity contribution in [2.45, 2.75) is 38.2 Å². The van der Waals surface area contributed by atoms with Gasteiger partial charge in [-0.3, -0.25) is 14.6 Å². The molecule has 2 amide bonds. The van der Waals surface area contributed by atoms with E-state index in [9.17, 15) is 14.0 Å². The van der Waals surface area contributed by atoms with Gasteiger partial charge in [-0.25, -0.2) is 8.78 Å². The molecule has 1 aromatic heterocycles. The molecule has 2 heterocycles. The van der Waals surface area contributed by atoms with Crippen LogP contribution in [0.15, 0.2) is 60.5 Å². The number of carbonyl (C=O) groups excluding carboxylic acids is 2. The number of hydrogen-bond acceptors (Lipinski definition) is 8. The number of nitrogens with one attached hydrogen (secondary N) is 3. The van der Waals surface area contributed by atoms with E-state index in [0.717, 1.165) is 50.8 Å². The molecular weight excluding hydrogens is 608 g/mol. The summed E-state index contributed by atoms with van der Waals surface area (Å²) in [6, 6.07) is 11.1. The van der Waals surface area contributed by atoms with Crippen LogP contribution in [-0.2, 0) is 25.5 Å². The van der Waals surface area contributed by atoms with Gasteiger partial charge < -0.3 is 35.1 Å². The number of methoxy groups -OCH3 is 1. The molecule has 3 N–H and O–H groups in total. The highest BCUT2D eigenvalue weighted by Crippen LogP contribution is 2.48. The molecule has 10 nitrogen and oxygen atoms in total. The molecule has 1 saturated carbocycles. The number of ether oxygens (including phenoxy) is 3. The molecule has 2 aliphatic carbocycles. The monoisotopic (exact) mass is 647 g/mol. The maximum absolute atomic E-state index is 15.3. The van der Waals surface area contributed by atoms with Crippen molar-refractivity contribution >= 4 is 29.3 Å². The maximum Gasteiger partial charge on any atom is 0.240 e. The molecule has 3 aliphatic rings. The van der Waals surface area contributed by atoms with Gasteiger partial charge in [0, 0.05) is 81.5 Å². The summed E-state index contributed by atoms with van der Waals surface area (Å²) in [5.41, 5.74) is -0.0568. The van der Waals surface area contributed by atoms with Crippen LogP contribution in [-0.4, -0.2) is 73.7 Å². The summed E-state index contributed by atoms with van der Waals surface area (Å²) < 4.78 is 46.7. The Bertz CT molecular complexity index is 1660. The summed E-state index contributed by atoms with van der Waals surface area (Å²) in [6.45, 7) is 7.55. The number of aromatic nitrogens is 1. The topological polar surface area (TPSA) is 114 Å². The van der Waals surface area contributed by atoms with Crippen molar-refractivity contribution in [3.8, 4) is 11.5 Å². The van der Waals surface area contributed by atoms with Gasteiger partial charge in [-0.2, -0.15) is 0 Å². The van der Waals surface area contributed by atoms with Crippen LogP contribution in [0.25, 0.3) is 6.08 Å². The number of nitrogens with zero attached hydrogens (tertiary/aromatic N) is 2. The first-order chi connectivity index (χ1) is 22.7. The highest BCUT2D eigenvalue weighted by atomic mass is 19.1. The fourth-order valence-electron chi connectivity index (χ4n) is 5.86. The molecule has 1 saturated heterocycles. The summed E-state index contributed by atoms with van der Waals surface area (Å²) >= 11 is 0. The van der Waals surface area contributed by atoms with Crippen LogP contribution in [0.2, 0.25) is 0 Å². The number of hydrogen-bond donors (Lipinski definition) is 3. The predicted octanol–water partition coefficient (Wildman–Crippen LogP) is 5.12. The van der Waals surface area contributed by atoms with E-state index >= 15 is 4.39 Å². The van der Waals surface area contributed by atoms with Gasteiger partial charge in [-0.05, 0) is 68.7 Å². The van der Waals surface area contributed by atoms with Crippen molar-refractivity contribution in [1.29, 1.82) is 0 Å². The van der Waals surface area contributed by atoms with Gasteiger partial charge in [0.25, 0.3) is 0 Å². The van der Waals surface area contributed by atoms with Gasteiger partial charge in [0.15, 0.2) is 11.6 Å². The normalized spacial score (nSPS) is 20.0. The van der Waals surface area contributed by atoms with E-state index in [-0.39, 0.29) is 11.4 Å². The zero-order valence-electron chi connectivity index (χ0n) is 26.5. The van der Waals surface area contributed by atoms with Crippen LogP contribution in [0.1, 0.15) is 37.4 Å². The molecule has 2 fully saturated rings. The number of fused-ring (bicyclic) bond motifs is 1. The average molecular weight is 648 g/mol. The Morgan fingerprint density at radius 2 is 1.68 bits per heavy atom. The number of rotatable bonds is 12. The molecule has 248 valence electrons. The highest BCUT2D eigenvalue weighted by molar-refractivity contribution is 6.16. The smallest absolute Gasteiger partial charge is 0.240 e. The SMILES string of the molecule is COC1(C)Cc2c(Oc3ccc(NC(=O)C4(C(=O)Nc5ccc(F)cc5)CC4)cc3F)ccnc2C=C1OCCCN1CCNCC1. The van der Waals surface area contributed by atoms with Crippen LogP contribution in [0, 0.1) is 17.0 Å². The summed E-state index contributed by atoms with van der Waals surface area (Å²) in [5.74, 6) is -1.09. The molecule has 1 unspecified atom stereocenters. The predicted molar refractivity (Wildman–Crippen MR) is 173 cm³/mol. The Hall–Kier alpha value is -4.39. The Labute approximate surface area is 272 Å². The minimum atomic E-state index is -1.27. The van der Waals surface area contributed by atoms with Crippen molar-refractivity contribution < 1.29 is 32.6 Å². The Balaban J connectivity index is 1.10. The average Bonchev–Trinajstić information content (AvgIpc) is 3.89. The van der Waals surface area contributed by atoms with Crippen molar-refractivity contribution in [2.75, 3.05) is 57.1 Å². The Kier molecular flexibility index (Phi) is 9.53. The molecule has 0 bridgehead atoms. The minimum Gasteiger partial charge on any atom is -0.495 e. The van der Waals surface area contributed by atoms with E-state index in [2.05, 4.69) is 25.8 Å². The molecular formula is C35H39F2N5O5. The van der Waals surface area contributed by atoms with E-state index in [1.54, 1.807) is 19.4 Å². The number of benzene rings is 2. The molecule has 1 atom stereocenters. The largest absolute Gasteiger partial charge is 0.495 e. The van der Waals surface area contributed by atoms with Crippen LogP contribution >= 0.6 is 0 Å². The number of pyridine rings is 1. The van der Waals surface area contributed by atoms with Crippen molar-refractivity contribution in [3.05, 3.63) is 83.4 Å². The number of amides is 2. The fraction of sp³-hybridized carbons (Fsp3) is 0.400. The van der Waals surface area contributed by atoms with Gasteiger partial charge in [-0.1, -0.05) is 0 Å². The third-order valence-corrected chi connectivity index (χ3v) is 9.02. The summed E-state index contributed by atoms with van der Waals surface area (Å²) in [6.07, 6.45) is 5.45. The van der Waals surface area contributed by atoms with Gasteiger partial charge in [0.1, 0.15) is 28.3 Å². The second-order valence-electron chi connectivity index (χ2n) is 12.3. The van der Waals surface area contributed by atoms with E-state index in [0.29, 0.717) is 48.8 Å². The second kappa shape index (κ2) is 13.8. The summed E-state index contributed by atoms with van der Waals surface area (Å²) in [5, 5.41) is 8.68. The van der Waals surface area contributed by atoms with Crippen molar-refractivity contribution in [1.82, 2.24) is 15.2 Å². The third-order valence-electron chi connectivity index (χ3n) is 9.02. The van der Waals surface area contributed by atoms with Crippen LogP contribution in [0.5, 0.6) is 11.5 Å². The first kappa shape index (κ1) is 32.5. The van der Waals surface area contributed by atoms with Gasteiger partial charge >= 0.3 is 0 Å². The van der Waals surface area contributed by atoms with Crippen molar-refractivity contribution in [3.63, 3.8) is 0 Å². The van der Waals surface area contributed by atoms with Crippen molar-refractivity contribution in [2.24, 2.45) is 5.41 Å². The Morgan fingerprint density at radius 1 is 0.979 bits per heavy atom. The standard InChI is InChI=1S/C35H39F2N5O5/c1-34(45-2)22-26-28(21-31(34)46-19-3-16-42-17-14-38-15-18-42)39-13-10-29(26)47-30-9-8-25(20-27(30)37)41-33(44)35(11-12-35)32(43)40-24-6-4-23(36)5-7-24/h4-10,13,20-21,38H,3,11-12,14-19,22H2,1-2H3,(H,40,43)(H,41,44). The molecule has 3 aromatic rings. The van der Waals surface area contributed by atoms with E-state index < -0.39 is 34.5 Å². The summed E-state index contributed by atoms with van der Waals surface area (Å²) in [4.78, 5) is 32.9. The lowest BCUT2D eigenvalue weighted by atomic mass is 9.87. The third kappa shape index (κ3) is 7.29. The first-order valence-electron chi connectivity index (χ1n) is 15.9. The Morgan fingerprint density at radius 3 is 2.36 bits per heavy atom. The molecule has 12 heteroatoms. The van der Waals surface area contributed by atoms with Gasteiger partial charge in [0.2, 0.25) is 11.8 Å². The number of anilines is 2. The molecule has 47 heavy (non-hydrogen) atoms. The molecule has 2 aromatic carbocycles. The van der Waals surface area contributed by atoms with Gasteiger partial charge in [-0.15, -0.1) is 0 Å². The van der Waals surface area contributed by atoms with E-state index in [1.165, 1.54) is 36.4 Å². The van der Waals surface area contributed by atoms with E-state index in [1.807, 2.05) is 13.0 Å². The maximum atomic E-state index is 15.3. The second-order valence-corrected chi connectivity index (χ2v) is 12.3. The zero-order chi connectivity index (χ0) is 33.0. The van der Waals surface area contributed by atoms with Crippen LogP contribution in [0.3, 0.4) is 0 Å². The van der Waals surface area contributed by atoms with Crippen LogP contribution < -0.4 is 20.7 Å². The van der Waals surface area contributed by atoms with E-state index in [4.69, 9.17) is 14.2 Å². The number of piperazine rings is 1. The molecule has 1 aliphatic heterocycles. The van der Waals surface area contributed by atoms with Gasteiger partial charge in [0.05, 0.1) is 12.3 Å². The first-order valence-corrected chi connectivity index (χ1v) is 15.9. The molecule has 0 spiro atoms. The highest BCUT2D eigenvalue weighted by Gasteiger charge is 2.56. The minimum absolute atomic E-state index is 0.0374. The zero-order valence-corrected chi connectivity index (χ0v) is 26.5.